The third-order valence-corrected chi connectivity index (χ3v) is 4.58. The van der Waals surface area contributed by atoms with Crippen LogP contribution in [0.25, 0.3) is 6.08 Å². The first kappa shape index (κ1) is 19.0. The Bertz CT molecular complexity index is 770. The normalized spacial score (nSPS) is 15.8. The van der Waals surface area contributed by atoms with E-state index in [1.165, 1.54) is 18.2 Å². The van der Waals surface area contributed by atoms with Crippen LogP contribution in [0.15, 0.2) is 48.7 Å². The summed E-state index contributed by atoms with van der Waals surface area (Å²) in [6.07, 6.45) is 6.52. The lowest BCUT2D eigenvalue weighted by atomic mass is 10.0. The summed E-state index contributed by atoms with van der Waals surface area (Å²) >= 11 is 0. The number of likely N-dealkylation sites (tertiary alicyclic amines) is 1. The number of rotatable bonds is 6. The number of nitrogens with one attached hydrogen (secondary N) is 2. The fourth-order valence-electron chi connectivity index (χ4n) is 3.09. The van der Waals surface area contributed by atoms with Crippen molar-refractivity contribution in [2.75, 3.05) is 18.4 Å². The van der Waals surface area contributed by atoms with Crippen molar-refractivity contribution in [1.29, 1.82) is 0 Å². The van der Waals surface area contributed by atoms with E-state index in [9.17, 15) is 9.18 Å². The number of carbonyl (C=O) groups excluding carboxylic acids is 1. The van der Waals surface area contributed by atoms with E-state index in [0.717, 1.165) is 49.4 Å². The Labute approximate surface area is 157 Å². The molecule has 0 bridgehead atoms. The number of amides is 1. The first-order chi connectivity index (χ1) is 13.1. The molecule has 0 saturated carbocycles. The van der Waals surface area contributed by atoms with E-state index in [1.807, 2.05) is 24.3 Å². The molecule has 1 aromatic carbocycles. The topological polar surface area (TPSA) is 77.5 Å². The number of hydrogen-bond acceptors (Lipinski definition) is 5. The van der Waals surface area contributed by atoms with Gasteiger partial charge in [-0.25, -0.2) is 14.9 Å². The lowest BCUT2D eigenvalue weighted by Crippen LogP contribution is -2.38. The van der Waals surface area contributed by atoms with Crippen LogP contribution >= 0.6 is 0 Å². The molecule has 1 amide bonds. The van der Waals surface area contributed by atoms with Crippen LogP contribution in [0.2, 0.25) is 0 Å². The number of benzene rings is 1. The molecule has 6 nitrogen and oxygen atoms in total. The minimum atomic E-state index is -0.579. The minimum absolute atomic E-state index is 0.202. The molecule has 1 aromatic heterocycles. The van der Waals surface area contributed by atoms with Crippen LogP contribution < -0.4 is 10.8 Å². The van der Waals surface area contributed by atoms with E-state index >= 15 is 0 Å². The largest absolute Gasteiger partial charge is 0.367 e. The van der Waals surface area contributed by atoms with E-state index in [-0.39, 0.29) is 5.82 Å². The highest BCUT2D eigenvalue weighted by Gasteiger charge is 2.19. The first-order valence-corrected chi connectivity index (χ1v) is 8.94. The van der Waals surface area contributed by atoms with Crippen molar-refractivity contribution >= 4 is 17.8 Å². The van der Waals surface area contributed by atoms with Gasteiger partial charge in [0.1, 0.15) is 11.6 Å². The van der Waals surface area contributed by atoms with Gasteiger partial charge in [-0.05, 0) is 54.3 Å². The molecule has 7 heteroatoms. The van der Waals surface area contributed by atoms with Gasteiger partial charge in [0, 0.05) is 37.9 Å². The van der Waals surface area contributed by atoms with Crippen LogP contribution in [0.5, 0.6) is 0 Å². The average Bonchev–Trinajstić information content (AvgIpc) is 2.70. The third-order valence-electron chi connectivity index (χ3n) is 4.58. The molecular formula is C20H23FN4O2. The van der Waals surface area contributed by atoms with Crippen molar-refractivity contribution in [1.82, 2.24) is 15.4 Å². The molecule has 0 radical (unpaired) electrons. The summed E-state index contributed by atoms with van der Waals surface area (Å²) in [6, 6.07) is 10.8. The average molecular weight is 370 g/mol. The molecule has 3 N–H and O–H groups in total. The number of aromatic nitrogens is 1. The van der Waals surface area contributed by atoms with E-state index in [1.54, 1.807) is 17.8 Å². The minimum Gasteiger partial charge on any atom is -0.367 e. The maximum atomic E-state index is 13.0. The van der Waals surface area contributed by atoms with Crippen LogP contribution in [0.1, 0.15) is 24.0 Å². The van der Waals surface area contributed by atoms with Gasteiger partial charge in [0.2, 0.25) is 0 Å². The predicted molar refractivity (Wildman–Crippen MR) is 102 cm³/mol. The molecule has 27 heavy (non-hydrogen) atoms. The number of pyridine rings is 1. The number of nitrogens with zero attached hydrogens (tertiary/aromatic N) is 2. The predicted octanol–water partition coefficient (Wildman–Crippen LogP) is 2.82. The zero-order valence-electron chi connectivity index (χ0n) is 14.9. The lowest BCUT2D eigenvalue weighted by Gasteiger charge is -2.32. The Morgan fingerprint density at radius 2 is 1.96 bits per heavy atom. The van der Waals surface area contributed by atoms with E-state index in [0.29, 0.717) is 6.04 Å². The van der Waals surface area contributed by atoms with Crippen molar-refractivity contribution in [2.45, 2.75) is 25.4 Å². The van der Waals surface area contributed by atoms with Gasteiger partial charge in [0.15, 0.2) is 0 Å². The van der Waals surface area contributed by atoms with Gasteiger partial charge >= 0.3 is 0 Å². The summed E-state index contributed by atoms with van der Waals surface area (Å²) in [5.41, 5.74) is 3.45. The highest BCUT2D eigenvalue weighted by atomic mass is 19.1. The zero-order valence-corrected chi connectivity index (χ0v) is 14.9. The molecule has 0 unspecified atom stereocenters. The quantitative estimate of drug-likeness (QED) is 0.414. The third kappa shape index (κ3) is 5.87. The van der Waals surface area contributed by atoms with Gasteiger partial charge in [0.05, 0.1) is 0 Å². The Hall–Kier alpha value is -2.77. The second kappa shape index (κ2) is 9.25. The smallest absolute Gasteiger partial charge is 0.267 e. The molecule has 3 rings (SSSR count). The number of piperidine rings is 1. The van der Waals surface area contributed by atoms with Gasteiger partial charge in [-0.3, -0.25) is 14.9 Å². The van der Waals surface area contributed by atoms with Gasteiger partial charge in [-0.1, -0.05) is 12.1 Å². The van der Waals surface area contributed by atoms with E-state index in [4.69, 9.17) is 5.21 Å². The Kier molecular flexibility index (Phi) is 6.51. The molecular weight excluding hydrogens is 347 g/mol. The van der Waals surface area contributed by atoms with Crippen molar-refractivity contribution in [3.63, 3.8) is 0 Å². The maximum Gasteiger partial charge on any atom is 0.267 e. The van der Waals surface area contributed by atoms with Gasteiger partial charge in [-0.15, -0.1) is 0 Å². The molecule has 0 spiro atoms. The number of hydroxylamine groups is 1. The molecule has 2 heterocycles. The summed E-state index contributed by atoms with van der Waals surface area (Å²) in [5.74, 6) is 0.0210. The van der Waals surface area contributed by atoms with Crippen molar-refractivity contribution in [3.05, 3.63) is 65.6 Å². The summed E-state index contributed by atoms with van der Waals surface area (Å²) in [6.45, 7) is 2.80. The van der Waals surface area contributed by atoms with E-state index in [2.05, 4.69) is 15.2 Å². The Morgan fingerprint density at radius 3 is 2.59 bits per heavy atom. The summed E-state index contributed by atoms with van der Waals surface area (Å²) in [4.78, 5) is 17.7. The Morgan fingerprint density at radius 1 is 1.22 bits per heavy atom. The molecule has 0 aliphatic carbocycles. The zero-order chi connectivity index (χ0) is 19.1. The molecule has 142 valence electrons. The SMILES string of the molecule is O=C(/C=C/c1ccc(NC2CCN(Cc3ccc(F)cc3)CC2)nc1)NO. The van der Waals surface area contributed by atoms with Gasteiger partial charge in [-0.2, -0.15) is 0 Å². The number of carbonyl (C=O) groups is 1. The van der Waals surface area contributed by atoms with Crippen molar-refractivity contribution in [2.24, 2.45) is 0 Å². The number of anilines is 1. The van der Waals surface area contributed by atoms with Crippen LogP contribution in [0, 0.1) is 5.82 Å². The lowest BCUT2D eigenvalue weighted by molar-refractivity contribution is -0.124. The molecule has 1 saturated heterocycles. The second-order valence-corrected chi connectivity index (χ2v) is 6.61. The molecule has 1 aliphatic rings. The standard InChI is InChI=1S/C20H23FN4O2/c21-17-5-1-16(2-6-17)14-25-11-9-18(10-12-25)23-19-7-3-15(13-22-19)4-8-20(26)24-27/h1-8,13,18,27H,9-12,14H2,(H,22,23)(H,24,26)/b8-4+. The van der Waals surface area contributed by atoms with E-state index < -0.39 is 5.91 Å². The number of hydrogen-bond donors (Lipinski definition) is 3. The highest BCUT2D eigenvalue weighted by molar-refractivity contribution is 5.90. The van der Waals surface area contributed by atoms with Crippen LogP contribution in [0.3, 0.4) is 0 Å². The van der Waals surface area contributed by atoms with Crippen molar-refractivity contribution < 1.29 is 14.4 Å². The second-order valence-electron chi connectivity index (χ2n) is 6.61. The Balaban J connectivity index is 1.45. The van der Waals surface area contributed by atoms with Crippen LogP contribution in [0.4, 0.5) is 10.2 Å². The first-order valence-electron chi connectivity index (χ1n) is 8.94. The maximum absolute atomic E-state index is 13.0. The fraction of sp³-hybridized carbons (Fsp3) is 0.300. The van der Waals surface area contributed by atoms with Crippen LogP contribution in [-0.4, -0.2) is 40.1 Å². The molecule has 1 fully saturated rings. The van der Waals surface area contributed by atoms with Crippen LogP contribution in [-0.2, 0) is 11.3 Å². The molecule has 2 aromatic rings. The van der Waals surface area contributed by atoms with Crippen molar-refractivity contribution in [3.8, 4) is 0 Å². The monoisotopic (exact) mass is 370 g/mol. The summed E-state index contributed by atoms with van der Waals surface area (Å²) in [7, 11) is 0. The highest BCUT2D eigenvalue weighted by Crippen LogP contribution is 2.18. The fourth-order valence-corrected chi connectivity index (χ4v) is 3.09. The van der Waals surface area contributed by atoms with Gasteiger partial charge < -0.3 is 5.32 Å². The number of halogens is 1. The van der Waals surface area contributed by atoms with Gasteiger partial charge in [0.25, 0.3) is 5.91 Å². The molecule has 0 atom stereocenters. The summed E-state index contributed by atoms with van der Waals surface area (Å²) in [5, 5.41) is 11.9. The molecule has 1 aliphatic heterocycles. The summed E-state index contributed by atoms with van der Waals surface area (Å²) < 4.78 is 13.0.